The zero-order valence-electron chi connectivity index (χ0n) is 19.7. The second-order valence-corrected chi connectivity index (χ2v) is 9.78. The van der Waals surface area contributed by atoms with Gasteiger partial charge < -0.3 is 25.0 Å². The van der Waals surface area contributed by atoms with Crippen LogP contribution in [0.4, 0.5) is 5.95 Å². The van der Waals surface area contributed by atoms with Crippen LogP contribution in [0.3, 0.4) is 0 Å². The van der Waals surface area contributed by atoms with E-state index < -0.39 is 5.54 Å². The summed E-state index contributed by atoms with van der Waals surface area (Å²) >= 11 is 6.41. The van der Waals surface area contributed by atoms with Crippen LogP contribution in [0, 0.1) is 0 Å². The summed E-state index contributed by atoms with van der Waals surface area (Å²) in [5.41, 5.74) is 1.92. The topological polar surface area (TPSA) is 108 Å². The van der Waals surface area contributed by atoms with Crippen LogP contribution in [0.1, 0.15) is 42.6 Å². The van der Waals surface area contributed by atoms with Crippen molar-refractivity contribution in [2.24, 2.45) is 0 Å². The van der Waals surface area contributed by atoms with Crippen LogP contribution in [0.25, 0.3) is 11.3 Å². The zero-order valence-corrected chi connectivity index (χ0v) is 20.4. The number of hydrogen-bond acceptors (Lipinski definition) is 7. The molecule has 0 saturated carbocycles. The first-order valence-electron chi connectivity index (χ1n) is 11.4. The molecule has 2 aliphatic heterocycles. The highest BCUT2D eigenvalue weighted by atomic mass is 35.5. The molecule has 0 unspecified atom stereocenters. The summed E-state index contributed by atoms with van der Waals surface area (Å²) in [5.74, 6) is 0.0362. The smallest absolute Gasteiger partial charge is 0.254 e. The van der Waals surface area contributed by atoms with Gasteiger partial charge in [-0.05, 0) is 38.3 Å². The Morgan fingerprint density at radius 2 is 2.09 bits per heavy atom. The Morgan fingerprint density at radius 3 is 2.79 bits per heavy atom. The first kappa shape index (κ1) is 24.4. The highest BCUT2D eigenvalue weighted by molar-refractivity contribution is 6.33. The highest BCUT2D eigenvalue weighted by Crippen LogP contribution is 2.32. The van der Waals surface area contributed by atoms with E-state index in [4.69, 9.17) is 16.3 Å². The predicted octanol–water partition coefficient (Wildman–Crippen LogP) is 2.57. The third-order valence-corrected chi connectivity index (χ3v) is 6.83. The molecule has 2 amide bonds. The molecule has 3 heterocycles. The van der Waals surface area contributed by atoms with Crippen molar-refractivity contribution in [3.05, 3.63) is 40.5 Å². The van der Waals surface area contributed by atoms with E-state index in [0.717, 1.165) is 18.4 Å². The van der Waals surface area contributed by atoms with Gasteiger partial charge in [0.1, 0.15) is 6.54 Å². The number of aliphatic hydroxyl groups excluding tert-OH is 1. The number of nitrogens with one attached hydrogen (secondary N) is 1. The van der Waals surface area contributed by atoms with Gasteiger partial charge in [0.25, 0.3) is 5.91 Å². The molecule has 0 aliphatic carbocycles. The summed E-state index contributed by atoms with van der Waals surface area (Å²) < 4.78 is 5.40. The molecule has 2 N–H and O–H groups in total. The van der Waals surface area contributed by atoms with Crippen LogP contribution in [0.15, 0.2) is 24.4 Å². The van der Waals surface area contributed by atoms with Crippen molar-refractivity contribution >= 4 is 29.4 Å². The Kier molecular flexibility index (Phi) is 7.06. The number of aromatic nitrogens is 2. The van der Waals surface area contributed by atoms with E-state index >= 15 is 0 Å². The van der Waals surface area contributed by atoms with Gasteiger partial charge in [0.2, 0.25) is 11.9 Å². The van der Waals surface area contributed by atoms with Crippen molar-refractivity contribution in [1.29, 1.82) is 0 Å². The number of benzene rings is 1. The number of carbonyl (C=O) groups excluding carboxylic acids is 2. The number of amides is 2. The Balaban J connectivity index is 1.51. The normalized spacial score (nSPS) is 16.5. The second kappa shape index (κ2) is 9.85. The molecule has 2 aromatic rings. The Morgan fingerprint density at radius 1 is 1.35 bits per heavy atom. The minimum absolute atomic E-state index is 0.0593. The Bertz CT molecular complexity index is 1090. The van der Waals surface area contributed by atoms with Crippen LogP contribution >= 0.6 is 11.6 Å². The summed E-state index contributed by atoms with van der Waals surface area (Å²) in [6, 6.07) is 5.77. The molecule has 10 heteroatoms. The minimum atomic E-state index is -0.708. The lowest BCUT2D eigenvalue weighted by Crippen LogP contribution is -2.51. The van der Waals surface area contributed by atoms with Crippen LogP contribution < -0.4 is 5.32 Å². The van der Waals surface area contributed by atoms with Gasteiger partial charge in [0.15, 0.2) is 0 Å². The van der Waals surface area contributed by atoms with E-state index in [0.29, 0.717) is 47.6 Å². The van der Waals surface area contributed by atoms with Crippen LogP contribution in [0.5, 0.6) is 0 Å². The minimum Gasteiger partial charge on any atom is -0.394 e. The summed E-state index contributed by atoms with van der Waals surface area (Å²) in [7, 11) is 1.63. The molecule has 9 nitrogen and oxygen atoms in total. The first-order chi connectivity index (χ1) is 16.2. The first-order valence-corrected chi connectivity index (χ1v) is 11.7. The molecule has 182 valence electrons. The molecule has 0 radical (unpaired) electrons. The standard InChI is InChI=1S/C24H30ClN5O4/c1-24(2,14-31)29(3)20(32)13-30-12-16-5-4-15(10-18(16)22(30)33)21-19(25)11-26-23(28-21)27-17-6-8-34-9-7-17/h4-5,10-11,17,31H,6-9,12-14H2,1-3H3,(H,26,27,28). The lowest BCUT2D eigenvalue weighted by Gasteiger charge is -2.35. The monoisotopic (exact) mass is 487 g/mol. The van der Waals surface area contributed by atoms with Gasteiger partial charge in [0, 0.05) is 44.0 Å². The number of halogens is 1. The van der Waals surface area contributed by atoms with Gasteiger partial charge in [-0.3, -0.25) is 9.59 Å². The van der Waals surface area contributed by atoms with Gasteiger partial charge >= 0.3 is 0 Å². The fourth-order valence-corrected chi connectivity index (χ4v) is 4.21. The van der Waals surface area contributed by atoms with E-state index in [1.54, 1.807) is 33.2 Å². The van der Waals surface area contributed by atoms with Crippen LogP contribution in [0.2, 0.25) is 5.02 Å². The van der Waals surface area contributed by atoms with Crippen molar-refractivity contribution in [2.75, 3.05) is 38.7 Å². The largest absolute Gasteiger partial charge is 0.394 e. The van der Waals surface area contributed by atoms with Crippen LogP contribution in [-0.2, 0) is 16.1 Å². The molecule has 1 aromatic heterocycles. The Labute approximate surface area is 204 Å². The third-order valence-electron chi connectivity index (χ3n) is 6.56. The van der Waals surface area contributed by atoms with Gasteiger partial charge in [-0.25, -0.2) is 9.97 Å². The molecule has 0 spiro atoms. The van der Waals surface area contributed by atoms with E-state index in [-0.39, 0.29) is 31.0 Å². The van der Waals surface area contributed by atoms with E-state index in [2.05, 4.69) is 15.3 Å². The van der Waals surface area contributed by atoms with E-state index in [1.165, 1.54) is 9.80 Å². The van der Waals surface area contributed by atoms with Crippen molar-refractivity contribution in [1.82, 2.24) is 19.8 Å². The fourth-order valence-electron chi connectivity index (χ4n) is 4.01. The zero-order chi connectivity index (χ0) is 24.5. The summed E-state index contributed by atoms with van der Waals surface area (Å²) in [4.78, 5) is 37.7. The van der Waals surface area contributed by atoms with E-state index in [1.807, 2.05) is 12.1 Å². The predicted molar refractivity (Wildman–Crippen MR) is 129 cm³/mol. The molecule has 0 atom stereocenters. The lowest BCUT2D eigenvalue weighted by atomic mass is 10.0. The number of likely N-dealkylation sites (N-methyl/N-ethyl adjacent to an activating group) is 1. The molecule has 2 aliphatic rings. The fraction of sp³-hybridized carbons (Fsp3) is 0.500. The van der Waals surface area contributed by atoms with Crippen molar-refractivity contribution < 1.29 is 19.4 Å². The number of hydrogen-bond donors (Lipinski definition) is 2. The quantitative estimate of drug-likeness (QED) is 0.618. The number of rotatable bonds is 7. The molecular formula is C24H30ClN5O4. The van der Waals surface area contributed by atoms with Crippen molar-refractivity contribution in [3.8, 4) is 11.3 Å². The lowest BCUT2D eigenvalue weighted by molar-refractivity contribution is -0.136. The van der Waals surface area contributed by atoms with Crippen LogP contribution in [-0.4, -0.2) is 81.7 Å². The number of anilines is 1. The molecule has 0 bridgehead atoms. The third kappa shape index (κ3) is 5.01. The van der Waals surface area contributed by atoms with Gasteiger partial charge in [-0.2, -0.15) is 0 Å². The Hall–Kier alpha value is -2.75. The molecule has 1 aromatic carbocycles. The van der Waals surface area contributed by atoms with Gasteiger partial charge in [-0.1, -0.05) is 23.7 Å². The number of nitrogens with zero attached hydrogens (tertiary/aromatic N) is 4. The number of fused-ring (bicyclic) bond motifs is 1. The molecule has 1 fully saturated rings. The summed E-state index contributed by atoms with van der Waals surface area (Å²) in [6.45, 7) is 5.08. The maximum atomic E-state index is 13.1. The maximum Gasteiger partial charge on any atom is 0.254 e. The summed E-state index contributed by atoms with van der Waals surface area (Å²) in [5, 5.41) is 13.3. The number of carbonyl (C=O) groups is 2. The number of ether oxygens (including phenoxy) is 1. The second-order valence-electron chi connectivity index (χ2n) is 9.38. The molecule has 1 saturated heterocycles. The molecular weight excluding hydrogens is 458 g/mol. The number of aliphatic hydroxyl groups is 1. The summed E-state index contributed by atoms with van der Waals surface area (Å²) in [6.07, 6.45) is 3.33. The SMILES string of the molecule is CN(C(=O)CN1Cc2ccc(-c3nc(NC4CCOCC4)ncc3Cl)cc2C1=O)C(C)(C)CO. The van der Waals surface area contributed by atoms with Crippen molar-refractivity contribution in [3.63, 3.8) is 0 Å². The maximum absolute atomic E-state index is 13.1. The molecule has 34 heavy (non-hydrogen) atoms. The van der Waals surface area contributed by atoms with E-state index in [9.17, 15) is 14.7 Å². The van der Waals surface area contributed by atoms with Gasteiger partial charge in [0.05, 0.1) is 29.1 Å². The average Bonchev–Trinajstić information content (AvgIpc) is 3.14. The van der Waals surface area contributed by atoms with Gasteiger partial charge in [-0.15, -0.1) is 0 Å². The molecule has 4 rings (SSSR count). The average molecular weight is 488 g/mol. The van der Waals surface area contributed by atoms with Crippen molar-refractivity contribution in [2.45, 2.75) is 44.8 Å². The highest BCUT2D eigenvalue weighted by Gasteiger charge is 2.33.